The molecule has 0 aliphatic heterocycles. The second kappa shape index (κ2) is 6.40. The molecule has 4 rings (SSSR count). The van der Waals surface area contributed by atoms with Crippen molar-refractivity contribution in [2.75, 3.05) is 5.32 Å². The van der Waals surface area contributed by atoms with E-state index in [1.807, 2.05) is 48.5 Å². The second-order valence-electron chi connectivity index (χ2n) is 6.12. The van der Waals surface area contributed by atoms with Crippen molar-refractivity contribution in [3.05, 3.63) is 95.6 Å². The summed E-state index contributed by atoms with van der Waals surface area (Å²) >= 11 is 0. The number of carbonyl (C=O) groups is 1. The van der Waals surface area contributed by atoms with E-state index >= 15 is 0 Å². The first-order valence-electron chi connectivity index (χ1n) is 8.59. The third-order valence-electron chi connectivity index (χ3n) is 4.53. The fourth-order valence-corrected chi connectivity index (χ4v) is 3.48. The fraction of sp³-hybridized carbons (Fsp3) is 0.0870. The number of rotatable bonds is 3. The SMILES string of the molecule is CC/C=C1\c2ccccc2-c2cccc(C(=O)Nc3ccccc3)c21. The average molecular weight is 325 g/mol. The number of anilines is 1. The molecule has 0 radical (unpaired) electrons. The van der Waals surface area contributed by atoms with Crippen LogP contribution in [0.2, 0.25) is 0 Å². The molecular weight excluding hydrogens is 306 g/mol. The van der Waals surface area contributed by atoms with Crippen molar-refractivity contribution in [2.24, 2.45) is 0 Å². The minimum atomic E-state index is -0.0714. The molecule has 122 valence electrons. The maximum absolute atomic E-state index is 12.9. The van der Waals surface area contributed by atoms with Gasteiger partial charge in [0.15, 0.2) is 0 Å². The number of benzene rings is 3. The lowest BCUT2D eigenvalue weighted by atomic mass is 9.97. The maximum Gasteiger partial charge on any atom is 0.256 e. The molecular formula is C23H19NO. The van der Waals surface area contributed by atoms with Crippen LogP contribution in [0.5, 0.6) is 0 Å². The lowest BCUT2D eigenvalue weighted by Gasteiger charge is -2.11. The zero-order chi connectivity index (χ0) is 17.2. The van der Waals surface area contributed by atoms with E-state index in [-0.39, 0.29) is 5.91 Å². The van der Waals surface area contributed by atoms with Crippen LogP contribution in [-0.2, 0) is 0 Å². The van der Waals surface area contributed by atoms with E-state index in [0.717, 1.165) is 34.4 Å². The van der Waals surface area contributed by atoms with Crippen molar-refractivity contribution in [2.45, 2.75) is 13.3 Å². The van der Waals surface area contributed by atoms with Gasteiger partial charge in [0.05, 0.1) is 0 Å². The molecule has 3 aromatic carbocycles. The van der Waals surface area contributed by atoms with Crippen LogP contribution in [0, 0.1) is 0 Å². The van der Waals surface area contributed by atoms with Crippen LogP contribution in [0.15, 0.2) is 78.9 Å². The van der Waals surface area contributed by atoms with E-state index in [9.17, 15) is 4.79 Å². The van der Waals surface area contributed by atoms with Crippen molar-refractivity contribution in [1.82, 2.24) is 0 Å². The van der Waals surface area contributed by atoms with Gasteiger partial charge < -0.3 is 5.32 Å². The Bertz CT molecular complexity index is 970. The third kappa shape index (κ3) is 2.66. The zero-order valence-electron chi connectivity index (χ0n) is 14.1. The minimum absolute atomic E-state index is 0.0714. The second-order valence-corrected chi connectivity index (χ2v) is 6.12. The van der Waals surface area contributed by atoms with E-state index in [4.69, 9.17) is 0 Å². The number of amides is 1. The molecule has 3 aromatic rings. The van der Waals surface area contributed by atoms with Gasteiger partial charge in [0.1, 0.15) is 0 Å². The Kier molecular flexibility index (Phi) is 3.95. The van der Waals surface area contributed by atoms with E-state index in [1.165, 1.54) is 11.1 Å². The minimum Gasteiger partial charge on any atom is -0.322 e. The van der Waals surface area contributed by atoms with Crippen LogP contribution in [0.4, 0.5) is 5.69 Å². The van der Waals surface area contributed by atoms with Crippen molar-refractivity contribution < 1.29 is 4.79 Å². The Hall–Kier alpha value is -3.13. The van der Waals surface area contributed by atoms with Crippen molar-refractivity contribution in [1.29, 1.82) is 0 Å². The smallest absolute Gasteiger partial charge is 0.256 e. The molecule has 0 saturated carbocycles. The first kappa shape index (κ1) is 15.4. The third-order valence-corrected chi connectivity index (χ3v) is 4.53. The van der Waals surface area contributed by atoms with Crippen molar-refractivity contribution >= 4 is 17.2 Å². The maximum atomic E-state index is 12.9. The molecule has 0 unspecified atom stereocenters. The monoisotopic (exact) mass is 325 g/mol. The highest BCUT2D eigenvalue weighted by Crippen LogP contribution is 2.45. The summed E-state index contributed by atoms with van der Waals surface area (Å²) in [5, 5.41) is 3.01. The number of hydrogen-bond acceptors (Lipinski definition) is 1. The first-order chi connectivity index (χ1) is 12.3. The van der Waals surface area contributed by atoms with Gasteiger partial charge in [0.2, 0.25) is 0 Å². The average Bonchev–Trinajstić information content (AvgIpc) is 2.97. The van der Waals surface area contributed by atoms with Crippen LogP contribution in [-0.4, -0.2) is 5.91 Å². The topological polar surface area (TPSA) is 29.1 Å². The summed E-state index contributed by atoms with van der Waals surface area (Å²) in [7, 11) is 0. The lowest BCUT2D eigenvalue weighted by Crippen LogP contribution is -2.13. The highest BCUT2D eigenvalue weighted by Gasteiger charge is 2.27. The molecule has 2 nitrogen and oxygen atoms in total. The van der Waals surface area contributed by atoms with Gasteiger partial charge in [-0.05, 0) is 46.9 Å². The highest BCUT2D eigenvalue weighted by atomic mass is 16.1. The van der Waals surface area contributed by atoms with E-state index < -0.39 is 0 Å². The van der Waals surface area contributed by atoms with Gasteiger partial charge >= 0.3 is 0 Å². The predicted octanol–water partition coefficient (Wildman–Crippen LogP) is 5.76. The van der Waals surface area contributed by atoms with Crippen LogP contribution >= 0.6 is 0 Å². The molecule has 1 N–H and O–H groups in total. The van der Waals surface area contributed by atoms with Crippen LogP contribution < -0.4 is 5.32 Å². The van der Waals surface area contributed by atoms with Gasteiger partial charge in [-0.2, -0.15) is 0 Å². The summed E-state index contributed by atoms with van der Waals surface area (Å²) in [4.78, 5) is 12.9. The van der Waals surface area contributed by atoms with E-state index in [0.29, 0.717) is 0 Å². The largest absolute Gasteiger partial charge is 0.322 e. The Morgan fingerprint density at radius 3 is 2.28 bits per heavy atom. The number of nitrogens with one attached hydrogen (secondary N) is 1. The lowest BCUT2D eigenvalue weighted by molar-refractivity contribution is 0.102. The van der Waals surface area contributed by atoms with Crippen molar-refractivity contribution in [3.63, 3.8) is 0 Å². The van der Waals surface area contributed by atoms with Crippen LogP contribution in [0.1, 0.15) is 34.8 Å². The molecule has 0 spiro atoms. The molecule has 0 aromatic heterocycles. The quantitative estimate of drug-likeness (QED) is 0.509. The van der Waals surface area contributed by atoms with Crippen LogP contribution in [0.3, 0.4) is 0 Å². The van der Waals surface area contributed by atoms with Gasteiger partial charge in [0.25, 0.3) is 5.91 Å². The Labute approximate surface area is 147 Å². The van der Waals surface area contributed by atoms with Gasteiger partial charge in [0, 0.05) is 16.8 Å². The summed E-state index contributed by atoms with van der Waals surface area (Å²) in [6, 6.07) is 23.9. The summed E-state index contributed by atoms with van der Waals surface area (Å²) in [5.41, 5.74) is 7.27. The van der Waals surface area contributed by atoms with Gasteiger partial charge in [-0.25, -0.2) is 0 Å². The Morgan fingerprint density at radius 2 is 1.52 bits per heavy atom. The normalized spacial score (nSPS) is 13.4. The van der Waals surface area contributed by atoms with E-state index in [2.05, 4.69) is 42.6 Å². The Morgan fingerprint density at radius 1 is 0.840 bits per heavy atom. The molecule has 2 heteroatoms. The van der Waals surface area contributed by atoms with Crippen molar-refractivity contribution in [3.8, 4) is 11.1 Å². The number of hydrogen-bond donors (Lipinski definition) is 1. The van der Waals surface area contributed by atoms with Gasteiger partial charge in [-0.1, -0.05) is 67.6 Å². The van der Waals surface area contributed by atoms with Crippen LogP contribution in [0.25, 0.3) is 16.7 Å². The number of para-hydroxylation sites is 1. The summed E-state index contributed by atoms with van der Waals surface area (Å²) < 4.78 is 0. The number of carbonyl (C=O) groups excluding carboxylic acids is 1. The molecule has 25 heavy (non-hydrogen) atoms. The zero-order valence-corrected chi connectivity index (χ0v) is 14.1. The summed E-state index contributed by atoms with van der Waals surface area (Å²) in [6.45, 7) is 2.13. The Balaban J connectivity index is 1.83. The number of allylic oxidation sites excluding steroid dienone is 1. The molecule has 1 aliphatic rings. The molecule has 0 saturated heterocycles. The van der Waals surface area contributed by atoms with Gasteiger partial charge in [-0.3, -0.25) is 4.79 Å². The first-order valence-corrected chi connectivity index (χ1v) is 8.59. The standard InChI is InChI=1S/C23H19NO/c1-2-9-19-17-12-6-7-13-18(17)20-14-8-15-21(22(19)20)23(25)24-16-10-4-3-5-11-16/h3-15H,2H2,1H3,(H,24,25)/b19-9+. The number of fused-ring (bicyclic) bond motifs is 3. The molecule has 0 fully saturated rings. The summed E-state index contributed by atoms with van der Waals surface area (Å²) in [5.74, 6) is -0.0714. The highest BCUT2D eigenvalue weighted by molar-refractivity contribution is 6.13. The molecule has 1 aliphatic carbocycles. The molecule has 0 heterocycles. The fourth-order valence-electron chi connectivity index (χ4n) is 3.48. The molecule has 0 atom stereocenters. The summed E-state index contributed by atoms with van der Waals surface area (Å²) in [6.07, 6.45) is 3.14. The molecule has 1 amide bonds. The predicted molar refractivity (Wildman–Crippen MR) is 104 cm³/mol. The molecule has 0 bridgehead atoms. The van der Waals surface area contributed by atoms with E-state index in [1.54, 1.807) is 0 Å². The van der Waals surface area contributed by atoms with Gasteiger partial charge in [-0.15, -0.1) is 0 Å².